The van der Waals surface area contributed by atoms with Gasteiger partial charge in [-0.2, -0.15) is 0 Å². The number of nitrogens with one attached hydrogen (secondary N) is 1. The van der Waals surface area contributed by atoms with Gasteiger partial charge >= 0.3 is 0 Å². The third-order valence-corrected chi connectivity index (χ3v) is 5.94. The Morgan fingerprint density at radius 3 is 2.90 bits per heavy atom. The van der Waals surface area contributed by atoms with Gasteiger partial charge in [0.05, 0.1) is 12.6 Å². The lowest BCUT2D eigenvalue weighted by atomic mass is 10.0. The van der Waals surface area contributed by atoms with Gasteiger partial charge in [-0.3, -0.25) is 9.69 Å². The number of carbonyl (C=O) groups excluding carboxylic acids is 1. The summed E-state index contributed by atoms with van der Waals surface area (Å²) in [4.78, 5) is 14.7. The molecule has 8 heteroatoms. The highest BCUT2D eigenvalue weighted by Gasteiger charge is 2.26. The molecule has 1 aromatic heterocycles. The van der Waals surface area contributed by atoms with Gasteiger partial charge < -0.3 is 19.4 Å². The van der Waals surface area contributed by atoms with Crippen molar-refractivity contribution in [2.75, 3.05) is 33.4 Å². The van der Waals surface area contributed by atoms with Gasteiger partial charge in [-0.1, -0.05) is 26.0 Å². The molecule has 0 bridgehead atoms. The Balaban J connectivity index is 1.45. The summed E-state index contributed by atoms with van der Waals surface area (Å²) in [5.41, 5.74) is 2.64. The molecule has 2 aliphatic heterocycles. The summed E-state index contributed by atoms with van der Waals surface area (Å²) in [6.45, 7) is 8.74. The number of aromatic nitrogens is 3. The van der Waals surface area contributed by atoms with Crippen LogP contribution < -0.4 is 10.1 Å². The second-order valence-corrected chi connectivity index (χ2v) is 8.88. The molecule has 0 spiro atoms. The molecule has 168 valence electrons. The van der Waals surface area contributed by atoms with Crippen molar-refractivity contribution in [2.45, 2.75) is 52.2 Å². The third kappa shape index (κ3) is 5.25. The SMILES string of the molecule is COCC(=O)NC(CC(C)C)c1nnc2n1CCN(Cc1ccc3c(c1)CCO3)CC2. The van der Waals surface area contributed by atoms with E-state index in [0.717, 1.165) is 69.4 Å². The molecule has 1 N–H and O–H groups in total. The molecular formula is C23H33N5O3. The fourth-order valence-electron chi connectivity index (χ4n) is 4.47. The minimum absolute atomic E-state index is 0.0508. The normalized spacial score (nSPS) is 17.0. The van der Waals surface area contributed by atoms with Crippen molar-refractivity contribution < 1.29 is 14.3 Å². The zero-order valence-corrected chi connectivity index (χ0v) is 18.8. The first-order chi connectivity index (χ1) is 15.0. The second kappa shape index (κ2) is 9.78. The summed E-state index contributed by atoms with van der Waals surface area (Å²) >= 11 is 0. The number of rotatable bonds is 8. The number of fused-ring (bicyclic) bond motifs is 2. The van der Waals surface area contributed by atoms with E-state index < -0.39 is 0 Å². The zero-order valence-electron chi connectivity index (χ0n) is 18.8. The second-order valence-electron chi connectivity index (χ2n) is 8.88. The van der Waals surface area contributed by atoms with Crippen LogP contribution in [0.3, 0.4) is 0 Å². The molecule has 2 aliphatic rings. The molecule has 8 nitrogen and oxygen atoms in total. The molecule has 0 fully saturated rings. The molecule has 2 aromatic rings. The number of methoxy groups -OCH3 is 1. The van der Waals surface area contributed by atoms with Crippen molar-refractivity contribution in [1.29, 1.82) is 0 Å². The van der Waals surface area contributed by atoms with E-state index in [0.29, 0.717) is 5.92 Å². The minimum atomic E-state index is -0.160. The van der Waals surface area contributed by atoms with E-state index >= 15 is 0 Å². The number of hydrogen-bond donors (Lipinski definition) is 1. The lowest BCUT2D eigenvalue weighted by molar-refractivity contribution is -0.125. The van der Waals surface area contributed by atoms with Crippen molar-refractivity contribution in [3.05, 3.63) is 41.0 Å². The molecule has 1 unspecified atom stereocenters. The summed E-state index contributed by atoms with van der Waals surface area (Å²) in [6, 6.07) is 6.39. The summed E-state index contributed by atoms with van der Waals surface area (Å²) in [7, 11) is 1.53. The fraction of sp³-hybridized carbons (Fsp3) is 0.609. The van der Waals surface area contributed by atoms with E-state index in [2.05, 4.69) is 57.0 Å². The lowest BCUT2D eigenvalue weighted by Gasteiger charge is -2.22. The maximum Gasteiger partial charge on any atom is 0.246 e. The van der Waals surface area contributed by atoms with Gasteiger partial charge in [0, 0.05) is 46.1 Å². The molecule has 0 saturated carbocycles. The summed E-state index contributed by atoms with van der Waals surface area (Å²) in [6.07, 6.45) is 2.66. The molecule has 3 heterocycles. The zero-order chi connectivity index (χ0) is 21.8. The van der Waals surface area contributed by atoms with E-state index in [1.54, 1.807) is 0 Å². The smallest absolute Gasteiger partial charge is 0.246 e. The molecule has 1 amide bonds. The Morgan fingerprint density at radius 2 is 2.10 bits per heavy atom. The first-order valence-corrected chi connectivity index (χ1v) is 11.2. The quantitative estimate of drug-likeness (QED) is 0.695. The number of carbonyl (C=O) groups is 1. The molecule has 1 atom stereocenters. The Labute approximate surface area is 183 Å². The number of ether oxygens (including phenoxy) is 2. The first kappa shape index (κ1) is 21.8. The lowest BCUT2D eigenvalue weighted by Crippen LogP contribution is -2.34. The van der Waals surface area contributed by atoms with Crippen molar-refractivity contribution in [2.24, 2.45) is 5.92 Å². The molecule has 0 aliphatic carbocycles. The van der Waals surface area contributed by atoms with E-state index in [4.69, 9.17) is 9.47 Å². The van der Waals surface area contributed by atoms with Crippen LogP contribution in [-0.4, -0.2) is 59.0 Å². The van der Waals surface area contributed by atoms with Gasteiger partial charge in [-0.25, -0.2) is 0 Å². The number of benzene rings is 1. The Hall–Kier alpha value is -2.45. The van der Waals surface area contributed by atoms with Crippen LogP contribution >= 0.6 is 0 Å². The number of nitrogens with zero attached hydrogens (tertiary/aromatic N) is 4. The average Bonchev–Trinajstić information content (AvgIpc) is 3.31. The van der Waals surface area contributed by atoms with Crippen molar-refractivity contribution in [3.63, 3.8) is 0 Å². The largest absolute Gasteiger partial charge is 0.493 e. The highest BCUT2D eigenvalue weighted by molar-refractivity contribution is 5.77. The molecule has 31 heavy (non-hydrogen) atoms. The Bertz CT molecular complexity index is 911. The minimum Gasteiger partial charge on any atom is -0.493 e. The number of amides is 1. The summed E-state index contributed by atoms with van der Waals surface area (Å²) < 4.78 is 12.8. The summed E-state index contributed by atoms with van der Waals surface area (Å²) in [5.74, 6) is 3.18. The topological polar surface area (TPSA) is 81.5 Å². The maximum atomic E-state index is 12.2. The first-order valence-electron chi connectivity index (χ1n) is 11.2. The van der Waals surface area contributed by atoms with Crippen LogP contribution in [0.15, 0.2) is 18.2 Å². The van der Waals surface area contributed by atoms with Crippen molar-refractivity contribution in [1.82, 2.24) is 25.0 Å². The van der Waals surface area contributed by atoms with Gasteiger partial charge in [0.1, 0.15) is 18.2 Å². The van der Waals surface area contributed by atoms with Crippen molar-refractivity contribution >= 4 is 5.91 Å². The predicted octanol–water partition coefficient (Wildman–Crippen LogP) is 2.12. The molecular weight excluding hydrogens is 394 g/mol. The monoisotopic (exact) mass is 427 g/mol. The van der Waals surface area contributed by atoms with Gasteiger partial charge in [0.25, 0.3) is 0 Å². The standard InChI is InChI=1S/C23H33N5O3/c1-16(2)12-19(24-22(29)15-30-3)23-26-25-21-6-8-27(9-10-28(21)23)14-17-4-5-20-18(13-17)7-11-31-20/h4-5,13,16,19H,6-12,14-15H2,1-3H3,(H,24,29). The predicted molar refractivity (Wildman–Crippen MR) is 117 cm³/mol. The average molecular weight is 428 g/mol. The third-order valence-electron chi connectivity index (χ3n) is 5.94. The molecule has 0 radical (unpaired) electrons. The highest BCUT2D eigenvalue weighted by Crippen LogP contribution is 2.27. The maximum absolute atomic E-state index is 12.2. The molecule has 4 rings (SSSR count). The van der Waals surface area contributed by atoms with Crippen LogP contribution in [0.1, 0.15) is 49.1 Å². The van der Waals surface area contributed by atoms with Gasteiger partial charge in [-0.15, -0.1) is 10.2 Å². The van der Waals surface area contributed by atoms with Crippen LogP contribution in [0.4, 0.5) is 0 Å². The van der Waals surface area contributed by atoms with Gasteiger partial charge in [-0.05, 0) is 29.5 Å². The highest BCUT2D eigenvalue weighted by atomic mass is 16.5. The van der Waals surface area contributed by atoms with Gasteiger partial charge in [0.2, 0.25) is 5.91 Å². The van der Waals surface area contributed by atoms with Gasteiger partial charge in [0.15, 0.2) is 5.82 Å². The molecule has 0 saturated heterocycles. The van der Waals surface area contributed by atoms with Crippen molar-refractivity contribution in [3.8, 4) is 5.75 Å². The fourth-order valence-corrected chi connectivity index (χ4v) is 4.47. The molecule has 1 aromatic carbocycles. The van der Waals surface area contributed by atoms with E-state index in [-0.39, 0.29) is 18.6 Å². The summed E-state index contributed by atoms with van der Waals surface area (Å²) in [5, 5.41) is 12.0. The van der Waals surface area contributed by atoms with Crippen LogP contribution in [0.5, 0.6) is 5.75 Å². The van der Waals surface area contributed by atoms with Crippen LogP contribution in [0.2, 0.25) is 0 Å². The van der Waals surface area contributed by atoms with Crippen LogP contribution in [0, 0.1) is 5.92 Å². The van der Waals surface area contributed by atoms with Crippen LogP contribution in [-0.2, 0) is 35.5 Å². The van der Waals surface area contributed by atoms with Crippen LogP contribution in [0.25, 0.3) is 0 Å². The van der Waals surface area contributed by atoms with E-state index in [1.165, 1.54) is 18.2 Å². The van der Waals surface area contributed by atoms with E-state index in [9.17, 15) is 4.79 Å². The Kier molecular flexibility index (Phi) is 6.87. The number of hydrogen-bond acceptors (Lipinski definition) is 6. The van der Waals surface area contributed by atoms with E-state index in [1.807, 2.05) is 0 Å². The Morgan fingerprint density at radius 1 is 1.23 bits per heavy atom.